The summed E-state index contributed by atoms with van der Waals surface area (Å²) < 4.78 is 30.1. The first-order chi connectivity index (χ1) is 17.2. The third-order valence-electron chi connectivity index (χ3n) is 6.18. The molecule has 0 radical (unpaired) electrons. The van der Waals surface area contributed by atoms with E-state index in [0.29, 0.717) is 47.7 Å². The number of pyridine rings is 1. The maximum atomic E-state index is 6.25. The summed E-state index contributed by atoms with van der Waals surface area (Å²) in [7, 11) is 4.75. The Morgan fingerprint density at radius 3 is 2.31 bits per heavy atom. The van der Waals surface area contributed by atoms with Gasteiger partial charge >= 0.3 is 0 Å². The molecule has 0 aliphatic carbocycles. The molecule has 178 valence electrons. The molecule has 1 aliphatic rings. The second kappa shape index (κ2) is 8.52. The zero-order valence-corrected chi connectivity index (χ0v) is 19.6. The van der Waals surface area contributed by atoms with Crippen LogP contribution in [0.2, 0.25) is 0 Å². The summed E-state index contributed by atoms with van der Waals surface area (Å²) in [4.78, 5) is 3.24. The molecule has 9 nitrogen and oxygen atoms in total. The first kappa shape index (κ1) is 21.3. The fourth-order valence-corrected chi connectivity index (χ4v) is 4.31. The van der Waals surface area contributed by atoms with Gasteiger partial charge in [0, 0.05) is 29.0 Å². The van der Waals surface area contributed by atoms with E-state index in [1.165, 1.54) is 0 Å². The number of fused-ring (bicyclic) bond motifs is 2. The van der Waals surface area contributed by atoms with Gasteiger partial charge in [-0.25, -0.2) is 0 Å². The van der Waals surface area contributed by atoms with Gasteiger partial charge in [-0.05, 0) is 47.3 Å². The van der Waals surface area contributed by atoms with Crippen molar-refractivity contribution in [1.82, 2.24) is 19.6 Å². The van der Waals surface area contributed by atoms with Gasteiger partial charge in [0.2, 0.25) is 11.4 Å². The van der Waals surface area contributed by atoms with Crippen molar-refractivity contribution in [2.45, 2.75) is 6.10 Å². The van der Waals surface area contributed by atoms with Crippen LogP contribution in [0.25, 0.3) is 39.1 Å². The molecule has 1 fully saturated rings. The zero-order valence-electron chi connectivity index (χ0n) is 19.6. The van der Waals surface area contributed by atoms with Crippen molar-refractivity contribution in [3.05, 3.63) is 54.9 Å². The monoisotopic (exact) mass is 472 g/mol. The summed E-state index contributed by atoms with van der Waals surface area (Å²) in [5, 5.41) is 10.1. The summed E-state index contributed by atoms with van der Waals surface area (Å²) in [5.41, 5.74) is 4.50. The molecule has 9 heteroatoms. The number of aromatic nitrogens is 4. The largest absolute Gasteiger partial charge is 0.493 e. The fraction of sp³-hybridized carbons (Fsp3) is 0.231. The molecule has 2 aromatic carbocycles. The number of nitrogens with zero attached hydrogens (tertiary/aromatic N) is 3. The minimum Gasteiger partial charge on any atom is -0.493 e. The number of hydrogen-bond donors (Lipinski definition) is 1. The molecule has 3 aromatic heterocycles. The Morgan fingerprint density at radius 2 is 1.63 bits per heavy atom. The average molecular weight is 473 g/mol. The molecule has 0 spiro atoms. The van der Waals surface area contributed by atoms with Crippen LogP contribution in [0.5, 0.6) is 23.0 Å². The van der Waals surface area contributed by atoms with Gasteiger partial charge in [-0.1, -0.05) is 6.07 Å². The second-order valence-electron chi connectivity index (χ2n) is 8.28. The standard InChI is InChI=1S/C26H24N4O5/c1-31-21-9-17(10-22(32-2)24(21)33-3)25-28-29-26-23(35-19-13-34-14-19)11-18(12-30(25)26)15-4-5-20-16(8-15)6-7-27-20/h4-12,19,27H,13-14H2,1-3H3. The molecule has 1 saturated heterocycles. The van der Waals surface area contributed by atoms with Crippen LogP contribution < -0.4 is 18.9 Å². The normalized spacial score (nSPS) is 13.7. The van der Waals surface area contributed by atoms with Crippen LogP contribution >= 0.6 is 0 Å². The van der Waals surface area contributed by atoms with Crippen molar-refractivity contribution in [2.24, 2.45) is 0 Å². The second-order valence-corrected chi connectivity index (χ2v) is 8.28. The lowest BCUT2D eigenvalue weighted by atomic mass is 10.1. The Hall–Kier alpha value is -4.24. The van der Waals surface area contributed by atoms with Crippen LogP contribution in [0.3, 0.4) is 0 Å². The van der Waals surface area contributed by atoms with Crippen LogP contribution in [0.15, 0.2) is 54.9 Å². The van der Waals surface area contributed by atoms with Crippen molar-refractivity contribution >= 4 is 16.6 Å². The summed E-state index contributed by atoms with van der Waals surface area (Å²) >= 11 is 0. The highest BCUT2D eigenvalue weighted by molar-refractivity contribution is 5.85. The van der Waals surface area contributed by atoms with E-state index in [4.69, 9.17) is 23.7 Å². The first-order valence-corrected chi connectivity index (χ1v) is 11.2. The van der Waals surface area contributed by atoms with E-state index in [-0.39, 0.29) is 6.10 Å². The minimum atomic E-state index is -0.0115. The van der Waals surface area contributed by atoms with Crippen molar-refractivity contribution in [3.8, 4) is 45.5 Å². The number of benzene rings is 2. The lowest BCUT2D eigenvalue weighted by Gasteiger charge is -2.27. The Kier molecular flexibility index (Phi) is 5.18. The molecule has 4 heterocycles. The predicted molar refractivity (Wildman–Crippen MR) is 131 cm³/mol. The van der Waals surface area contributed by atoms with E-state index in [2.05, 4.69) is 39.4 Å². The summed E-state index contributed by atoms with van der Waals surface area (Å²) in [6, 6.07) is 14.1. The number of H-pyrrole nitrogens is 1. The molecular formula is C26H24N4O5. The van der Waals surface area contributed by atoms with Crippen LogP contribution in [0.4, 0.5) is 0 Å². The molecule has 0 amide bonds. The number of nitrogens with one attached hydrogen (secondary N) is 1. The van der Waals surface area contributed by atoms with Crippen molar-refractivity contribution in [1.29, 1.82) is 0 Å². The quantitative estimate of drug-likeness (QED) is 0.377. The maximum absolute atomic E-state index is 6.25. The predicted octanol–water partition coefficient (Wildman–Crippen LogP) is 4.35. The van der Waals surface area contributed by atoms with E-state index in [9.17, 15) is 0 Å². The SMILES string of the molecule is COc1cc(-c2nnc3c(OC4COC4)cc(-c4ccc5[nH]ccc5c4)cn23)cc(OC)c1OC. The molecule has 35 heavy (non-hydrogen) atoms. The van der Waals surface area contributed by atoms with Crippen LogP contribution in [-0.2, 0) is 4.74 Å². The Bertz CT molecular complexity index is 1510. The van der Waals surface area contributed by atoms with E-state index >= 15 is 0 Å². The van der Waals surface area contributed by atoms with Gasteiger partial charge in [0.25, 0.3) is 0 Å². The molecule has 6 rings (SSSR count). The molecule has 1 aliphatic heterocycles. The maximum Gasteiger partial charge on any atom is 0.203 e. The van der Waals surface area contributed by atoms with Gasteiger partial charge < -0.3 is 28.7 Å². The molecule has 0 atom stereocenters. The van der Waals surface area contributed by atoms with Crippen LogP contribution in [0, 0.1) is 0 Å². The van der Waals surface area contributed by atoms with E-state index in [1.54, 1.807) is 21.3 Å². The van der Waals surface area contributed by atoms with E-state index in [0.717, 1.165) is 27.6 Å². The first-order valence-electron chi connectivity index (χ1n) is 11.2. The van der Waals surface area contributed by atoms with Gasteiger partial charge in [0.05, 0.1) is 34.5 Å². The van der Waals surface area contributed by atoms with Gasteiger partial charge in [-0.15, -0.1) is 10.2 Å². The Morgan fingerprint density at radius 1 is 0.857 bits per heavy atom. The number of aromatic amines is 1. The molecule has 0 bridgehead atoms. The topological polar surface area (TPSA) is 92.1 Å². The minimum absolute atomic E-state index is 0.0115. The van der Waals surface area contributed by atoms with Gasteiger partial charge in [-0.3, -0.25) is 4.40 Å². The average Bonchev–Trinajstić information content (AvgIpc) is 3.51. The molecule has 5 aromatic rings. The highest BCUT2D eigenvalue weighted by Crippen LogP contribution is 2.41. The Labute approximate surface area is 201 Å². The summed E-state index contributed by atoms with van der Waals surface area (Å²) in [6.45, 7) is 1.11. The van der Waals surface area contributed by atoms with Gasteiger partial charge in [-0.2, -0.15) is 0 Å². The number of hydrogen-bond acceptors (Lipinski definition) is 7. The highest BCUT2D eigenvalue weighted by Gasteiger charge is 2.24. The zero-order chi connectivity index (χ0) is 23.9. The Balaban J connectivity index is 1.55. The van der Waals surface area contributed by atoms with E-state index in [1.807, 2.05) is 35.0 Å². The number of ether oxygens (including phenoxy) is 5. The molecular weight excluding hydrogens is 448 g/mol. The number of rotatable bonds is 7. The summed E-state index contributed by atoms with van der Waals surface area (Å²) in [5.74, 6) is 2.86. The lowest BCUT2D eigenvalue weighted by molar-refractivity contribution is -0.0792. The molecule has 0 saturated carbocycles. The smallest absolute Gasteiger partial charge is 0.203 e. The number of methoxy groups -OCH3 is 3. The van der Waals surface area contributed by atoms with Crippen LogP contribution in [-0.4, -0.2) is 60.2 Å². The highest BCUT2D eigenvalue weighted by atomic mass is 16.6. The third-order valence-corrected chi connectivity index (χ3v) is 6.18. The van der Waals surface area contributed by atoms with Crippen molar-refractivity contribution in [3.63, 3.8) is 0 Å². The molecule has 1 N–H and O–H groups in total. The van der Waals surface area contributed by atoms with Crippen LogP contribution in [0.1, 0.15) is 0 Å². The lowest BCUT2D eigenvalue weighted by Crippen LogP contribution is -2.38. The third kappa shape index (κ3) is 3.60. The fourth-order valence-electron chi connectivity index (χ4n) is 4.31. The van der Waals surface area contributed by atoms with E-state index < -0.39 is 0 Å². The summed E-state index contributed by atoms with van der Waals surface area (Å²) in [6.07, 6.45) is 3.94. The van der Waals surface area contributed by atoms with Gasteiger partial charge in [0.15, 0.2) is 23.1 Å². The van der Waals surface area contributed by atoms with Crippen molar-refractivity contribution < 1.29 is 23.7 Å². The van der Waals surface area contributed by atoms with Gasteiger partial charge in [0.1, 0.15) is 6.10 Å². The molecule has 0 unspecified atom stereocenters. The van der Waals surface area contributed by atoms with Crippen molar-refractivity contribution in [2.75, 3.05) is 34.5 Å².